The number of hydrogen-bond acceptors (Lipinski definition) is 5. The van der Waals surface area contributed by atoms with Gasteiger partial charge in [-0.15, -0.1) is 11.3 Å². The molecule has 1 unspecified atom stereocenters. The molecular formula is C17H32N6S. The molecular weight excluding hydrogens is 320 g/mol. The number of hydrogen-bond donors (Lipinski definition) is 2. The third kappa shape index (κ3) is 5.94. The molecule has 0 radical (unpaired) electrons. The molecule has 1 atom stereocenters. The molecule has 24 heavy (non-hydrogen) atoms. The highest BCUT2D eigenvalue weighted by Gasteiger charge is 2.17. The Labute approximate surface area is 150 Å². The predicted octanol–water partition coefficient (Wildman–Crippen LogP) is 2.14. The number of piperidine rings is 1. The van der Waals surface area contributed by atoms with Crippen molar-refractivity contribution in [2.24, 2.45) is 4.99 Å². The van der Waals surface area contributed by atoms with Crippen LogP contribution in [-0.4, -0.2) is 62.7 Å². The van der Waals surface area contributed by atoms with E-state index in [-0.39, 0.29) is 0 Å². The molecule has 1 aliphatic rings. The Morgan fingerprint density at radius 2 is 2.25 bits per heavy atom. The van der Waals surface area contributed by atoms with E-state index in [1.165, 1.54) is 32.4 Å². The summed E-state index contributed by atoms with van der Waals surface area (Å²) in [6, 6.07) is 0.742. The van der Waals surface area contributed by atoms with Crippen molar-refractivity contribution < 1.29 is 0 Å². The molecule has 136 valence electrons. The molecule has 6 nitrogen and oxygen atoms in total. The first kappa shape index (κ1) is 19.0. The molecule has 0 aliphatic carbocycles. The monoisotopic (exact) mass is 352 g/mol. The lowest BCUT2D eigenvalue weighted by Crippen LogP contribution is -2.41. The van der Waals surface area contributed by atoms with Gasteiger partial charge in [-0.25, -0.2) is 4.98 Å². The second-order valence-electron chi connectivity index (χ2n) is 6.60. The zero-order valence-corrected chi connectivity index (χ0v) is 16.3. The molecule has 2 heterocycles. The van der Waals surface area contributed by atoms with E-state index in [2.05, 4.69) is 37.8 Å². The van der Waals surface area contributed by atoms with Gasteiger partial charge >= 0.3 is 0 Å². The first-order valence-electron chi connectivity index (χ1n) is 8.90. The third-order valence-electron chi connectivity index (χ3n) is 4.44. The van der Waals surface area contributed by atoms with Crippen LogP contribution in [0.3, 0.4) is 0 Å². The number of aromatic nitrogens is 1. The summed E-state index contributed by atoms with van der Waals surface area (Å²) in [5.41, 5.74) is 1.05. The van der Waals surface area contributed by atoms with Gasteiger partial charge in [0.15, 0.2) is 11.1 Å². The smallest absolute Gasteiger partial charge is 0.191 e. The second kappa shape index (κ2) is 9.84. The Bertz CT molecular complexity index is 513. The lowest BCUT2D eigenvalue weighted by molar-refractivity contribution is 0.159. The summed E-state index contributed by atoms with van der Waals surface area (Å²) >= 11 is 1.66. The Morgan fingerprint density at radius 1 is 1.42 bits per heavy atom. The molecule has 0 saturated carbocycles. The second-order valence-corrected chi connectivity index (χ2v) is 7.44. The average Bonchev–Trinajstić information content (AvgIpc) is 3.05. The molecule has 2 N–H and O–H groups in total. The van der Waals surface area contributed by atoms with Crippen molar-refractivity contribution in [1.82, 2.24) is 20.5 Å². The summed E-state index contributed by atoms with van der Waals surface area (Å²) in [4.78, 5) is 13.5. The fourth-order valence-electron chi connectivity index (χ4n) is 2.96. The van der Waals surface area contributed by atoms with Gasteiger partial charge in [0.05, 0.1) is 12.2 Å². The molecule has 7 heteroatoms. The number of rotatable bonds is 7. The van der Waals surface area contributed by atoms with Crippen LogP contribution in [0.1, 0.15) is 38.3 Å². The molecule has 0 bridgehead atoms. The van der Waals surface area contributed by atoms with Gasteiger partial charge in [0.1, 0.15) is 0 Å². The van der Waals surface area contributed by atoms with Crippen LogP contribution < -0.4 is 15.5 Å². The van der Waals surface area contributed by atoms with Gasteiger partial charge in [0.25, 0.3) is 0 Å². The van der Waals surface area contributed by atoms with Gasteiger partial charge < -0.3 is 20.4 Å². The summed E-state index contributed by atoms with van der Waals surface area (Å²) in [5.74, 6) is 0.848. The van der Waals surface area contributed by atoms with Crippen LogP contribution in [0.5, 0.6) is 0 Å². The van der Waals surface area contributed by atoms with Crippen molar-refractivity contribution in [1.29, 1.82) is 0 Å². The van der Waals surface area contributed by atoms with Crippen molar-refractivity contribution in [3.8, 4) is 0 Å². The lowest BCUT2D eigenvalue weighted by Gasteiger charge is -2.33. The van der Waals surface area contributed by atoms with Crippen LogP contribution >= 0.6 is 11.3 Å². The maximum Gasteiger partial charge on any atom is 0.191 e. The number of nitrogens with one attached hydrogen (secondary N) is 2. The SMILES string of the molecule is CN=C(NCCCN1CCCCC1C)NCc1csc(N(C)C)n1. The van der Waals surface area contributed by atoms with Crippen molar-refractivity contribution in [2.45, 2.75) is 45.2 Å². The molecule has 1 aromatic heterocycles. The number of anilines is 1. The Morgan fingerprint density at radius 3 is 2.92 bits per heavy atom. The summed E-state index contributed by atoms with van der Waals surface area (Å²) in [6.45, 7) is 6.43. The third-order valence-corrected chi connectivity index (χ3v) is 5.50. The maximum atomic E-state index is 4.57. The van der Waals surface area contributed by atoms with Crippen molar-refractivity contribution >= 4 is 22.4 Å². The van der Waals surface area contributed by atoms with Crippen LogP contribution in [0.15, 0.2) is 10.4 Å². The molecule has 1 saturated heterocycles. The van der Waals surface area contributed by atoms with Crippen molar-refractivity contribution in [3.05, 3.63) is 11.1 Å². The first-order valence-corrected chi connectivity index (χ1v) is 9.78. The first-order chi connectivity index (χ1) is 11.6. The normalized spacial score (nSPS) is 19.3. The number of thiazole rings is 1. The average molecular weight is 353 g/mol. The molecule has 0 amide bonds. The number of likely N-dealkylation sites (tertiary alicyclic amines) is 1. The Balaban J connectivity index is 1.65. The molecule has 0 spiro atoms. The summed E-state index contributed by atoms with van der Waals surface area (Å²) < 4.78 is 0. The standard InChI is InChI=1S/C17H32N6S/c1-14-8-5-6-10-23(14)11-7-9-19-16(18-2)20-12-15-13-24-17(21-15)22(3)4/h13-14H,5-12H2,1-4H3,(H2,18,19,20). The van der Waals surface area contributed by atoms with Crippen LogP contribution in [0.2, 0.25) is 0 Å². The predicted molar refractivity (Wildman–Crippen MR) is 104 cm³/mol. The van der Waals surface area contributed by atoms with Crippen LogP contribution in [0, 0.1) is 0 Å². The fourth-order valence-corrected chi connectivity index (χ4v) is 3.71. The summed E-state index contributed by atoms with van der Waals surface area (Å²) in [6.07, 6.45) is 5.23. The quantitative estimate of drug-likeness (QED) is 0.447. The van der Waals surface area contributed by atoms with E-state index in [4.69, 9.17) is 0 Å². The zero-order valence-electron chi connectivity index (χ0n) is 15.5. The van der Waals surface area contributed by atoms with E-state index in [1.54, 1.807) is 11.3 Å². The molecule has 2 rings (SSSR count). The minimum Gasteiger partial charge on any atom is -0.356 e. The highest BCUT2D eigenvalue weighted by Crippen LogP contribution is 2.17. The van der Waals surface area contributed by atoms with Gasteiger partial charge in [0, 0.05) is 45.7 Å². The molecule has 1 fully saturated rings. The van der Waals surface area contributed by atoms with E-state index in [9.17, 15) is 0 Å². The van der Waals surface area contributed by atoms with Gasteiger partial charge in [-0.2, -0.15) is 0 Å². The highest BCUT2D eigenvalue weighted by molar-refractivity contribution is 7.13. The fraction of sp³-hybridized carbons (Fsp3) is 0.765. The van der Waals surface area contributed by atoms with Crippen LogP contribution in [0.4, 0.5) is 5.13 Å². The highest BCUT2D eigenvalue weighted by atomic mass is 32.1. The molecule has 1 aliphatic heterocycles. The van der Waals surface area contributed by atoms with Gasteiger partial charge in [-0.1, -0.05) is 6.42 Å². The zero-order chi connectivity index (χ0) is 17.4. The van der Waals surface area contributed by atoms with Gasteiger partial charge in [0.2, 0.25) is 0 Å². The van der Waals surface area contributed by atoms with Gasteiger partial charge in [-0.05, 0) is 32.7 Å². The van der Waals surface area contributed by atoms with E-state index < -0.39 is 0 Å². The van der Waals surface area contributed by atoms with E-state index in [0.29, 0.717) is 6.54 Å². The Hall–Kier alpha value is -1.34. The molecule has 1 aromatic rings. The van der Waals surface area contributed by atoms with Crippen LogP contribution in [-0.2, 0) is 6.54 Å². The van der Waals surface area contributed by atoms with E-state index >= 15 is 0 Å². The summed E-state index contributed by atoms with van der Waals surface area (Å²) in [5, 5.41) is 9.86. The maximum absolute atomic E-state index is 4.57. The van der Waals surface area contributed by atoms with Gasteiger partial charge in [-0.3, -0.25) is 4.99 Å². The van der Waals surface area contributed by atoms with E-state index in [0.717, 1.165) is 35.8 Å². The number of nitrogens with zero attached hydrogens (tertiary/aromatic N) is 4. The van der Waals surface area contributed by atoms with Crippen molar-refractivity contribution in [2.75, 3.05) is 45.7 Å². The van der Waals surface area contributed by atoms with Crippen molar-refractivity contribution in [3.63, 3.8) is 0 Å². The topological polar surface area (TPSA) is 55.8 Å². The minimum atomic E-state index is 0.702. The number of aliphatic imine (C=N–C) groups is 1. The number of guanidine groups is 1. The molecule has 0 aromatic carbocycles. The minimum absolute atomic E-state index is 0.702. The largest absolute Gasteiger partial charge is 0.356 e. The lowest BCUT2D eigenvalue weighted by atomic mass is 10.0. The van der Waals surface area contributed by atoms with Crippen LogP contribution in [0.25, 0.3) is 0 Å². The van der Waals surface area contributed by atoms with E-state index in [1.807, 2.05) is 26.0 Å². The Kier molecular flexibility index (Phi) is 7.78. The summed E-state index contributed by atoms with van der Waals surface area (Å²) in [7, 11) is 5.84.